The van der Waals surface area contributed by atoms with Crippen molar-refractivity contribution in [2.24, 2.45) is 11.7 Å². The summed E-state index contributed by atoms with van der Waals surface area (Å²) in [5, 5.41) is 3.42. The van der Waals surface area contributed by atoms with Gasteiger partial charge in [0, 0.05) is 11.7 Å². The quantitative estimate of drug-likeness (QED) is 0.861. The SMILES string of the molecule is CC1(C)CC(C(N)=O)C(C)(C)N1C(=O)Nc1ncc(-c2ccccc2)s1. The van der Waals surface area contributed by atoms with Crippen molar-refractivity contribution in [3.8, 4) is 10.4 Å². The molecule has 1 aromatic heterocycles. The lowest BCUT2D eigenvalue weighted by molar-refractivity contribution is -0.123. The minimum atomic E-state index is -0.668. The summed E-state index contributed by atoms with van der Waals surface area (Å²) >= 11 is 1.42. The number of hydrogen-bond donors (Lipinski definition) is 2. The maximum Gasteiger partial charge on any atom is 0.324 e. The van der Waals surface area contributed by atoms with Crippen LogP contribution in [0.25, 0.3) is 10.4 Å². The minimum absolute atomic E-state index is 0.266. The molecular weight excluding hydrogens is 348 g/mol. The highest BCUT2D eigenvalue weighted by Crippen LogP contribution is 2.45. The molecular formula is C19H24N4O2S. The van der Waals surface area contributed by atoms with E-state index in [-0.39, 0.29) is 17.9 Å². The van der Waals surface area contributed by atoms with Gasteiger partial charge in [0.2, 0.25) is 5.91 Å². The van der Waals surface area contributed by atoms with Gasteiger partial charge < -0.3 is 10.6 Å². The van der Waals surface area contributed by atoms with Crippen molar-refractivity contribution in [1.82, 2.24) is 9.88 Å². The van der Waals surface area contributed by atoms with Crippen LogP contribution in [0.1, 0.15) is 34.1 Å². The van der Waals surface area contributed by atoms with Crippen LogP contribution in [0.15, 0.2) is 36.5 Å². The van der Waals surface area contributed by atoms with E-state index in [1.807, 2.05) is 58.0 Å². The van der Waals surface area contributed by atoms with E-state index >= 15 is 0 Å². The number of anilines is 1. The second kappa shape index (κ2) is 6.39. The van der Waals surface area contributed by atoms with Crippen molar-refractivity contribution in [2.75, 3.05) is 5.32 Å². The van der Waals surface area contributed by atoms with Crippen LogP contribution in [0.2, 0.25) is 0 Å². The van der Waals surface area contributed by atoms with Gasteiger partial charge in [-0.15, -0.1) is 0 Å². The van der Waals surface area contributed by atoms with Crippen LogP contribution in [-0.4, -0.2) is 32.9 Å². The molecule has 0 saturated carbocycles. The van der Waals surface area contributed by atoms with Crippen molar-refractivity contribution in [2.45, 2.75) is 45.2 Å². The van der Waals surface area contributed by atoms with Gasteiger partial charge in [-0.25, -0.2) is 9.78 Å². The number of benzene rings is 1. The van der Waals surface area contributed by atoms with E-state index in [4.69, 9.17) is 5.73 Å². The van der Waals surface area contributed by atoms with Crippen LogP contribution in [0, 0.1) is 5.92 Å². The van der Waals surface area contributed by atoms with Crippen LogP contribution in [-0.2, 0) is 4.79 Å². The number of thiazole rings is 1. The Balaban J connectivity index is 1.82. The van der Waals surface area contributed by atoms with Gasteiger partial charge in [-0.2, -0.15) is 0 Å². The van der Waals surface area contributed by atoms with E-state index in [1.54, 1.807) is 11.1 Å². The summed E-state index contributed by atoms with van der Waals surface area (Å²) in [6.07, 6.45) is 2.29. The summed E-state index contributed by atoms with van der Waals surface area (Å²) in [6.45, 7) is 7.67. The predicted octanol–water partition coefficient (Wildman–Crippen LogP) is 3.71. The van der Waals surface area contributed by atoms with Gasteiger partial charge in [-0.05, 0) is 39.7 Å². The van der Waals surface area contributed by atoms with Crippen molar-refractivity contribution in [1.29, 1.82) is 0 Å². The second-order valence-corrected chi connectivity index (χ2v) is 8.82. The Morgan fingerprint density at radius 2 is 1.88 bits per heavy atom. The third kappa shape index (κ3) is 3.19. The van der Waals surface area contributed by atoms with Crippen LogP contribution in [0.5, 0.6) is 0 Å². The van der Waals surface area contributed by atoms with Crippen LogP contribution >= 0.6 is 11.3 Å². The lowest BCUT2D eigenvalue weighted by Crippen LogP contribution is -2.55. The lowest BCUT2D eigenvalue weighted by atomic mass is 9.86. The van der Waals surface area contributed by atoms with Crippen LogP contribution < -0.4 is 11.1 Å². The van der Waals surface area contributed by atoms with Gasteiger partial charge in [-0.3, -0.25) is 10.1 Å². The van der Waals surface area contributed by atoms with Gasteiger partial charge in [0.15, 0.2) is 5.13 Å². The molecule has 26 heavy (non-hydrogen) atoms. The summed E-state index contributed by atoms with van der Waals surface area (Å²) in [5.74, 6) is -0.765. The molecule has 138 valence electrons. The third-order valence-corrected chi connectivity index (χ3v) is 6.02. The van der Waals surface area contributed by atoms with Crippen molar-refractivity contribution in [3.63, 3.8) is 0 Å². The smallest absolute Gasteiger partial charge is 0.324 e. The largest absolute Gasteiger partial charge is 0.369 e. The molecule has 6 nitrogen and oxygen atoms in total. The predicted molar refractivity (Wildman–Crippen MR) is 104 cm³/mol. The molecule has 0 bridgehead atoms. The van der Waals surface area contributed by atoms with Crippen molar-refractivity contribution in [3.05, 3.63) is 36.5 Å². The Kier molecular flexibility index (Phi) is 4.52. The number of carbonyl (C=O) groups excluding carboxylic acids is 2. The zero-order valence-electron chi connectivity index (χ0n) is 15.4. The second-order valence-electron chi connectivity index (χ2n) is 7.79. The number of amides is 3. The number of primary amides is 1. The number of nitrogens with two attached hydrogens (primary N) is 1. The number of nitrogens with one attached hydrogen (secondary N) is 1. The topological polar surface area (TPSA) is 88.3 Å². The first-order valence-corrected chi connectivity index (χ1v) is 9.36. The van der Waals surface area contributed by atoms with E-state index in [0.717, 1.165) is 10.4 Å². The molecule has 0 aliphatic carbocycles. The average Bonchev–Trinajstić information content (AvgIpc) is 3.08. The number of aromatic nitrogens is 1. The minimum Gasteiger partial charge on any atom is -0.369 e. The highest BCUT2D eigenvalue weighted by atomic mass is 32.1. The molecule has 1 saturated heterocycles. The van der Waals surface area contributed by atoms with E-state index in [0.29, 0.717) is 11.6 Å². The number of rotatable bonds is 3. The molecule has 3 N–H and O–H groups in total. The van der Waals surface area contributed by atoms with Crippen LogP contribution in [0.4, 0.5) is 9.93 Å². The van der Waals surface area contributed by atoms with Gasteiger partial charge >= 0.3 is 6.03 Å². The molecule has 1 aromatic carbocycles. The van der Waals surface area contributed by atoms with E-state index in [2.05, 4.69) is 10.3 Å². The van der Waals surface area contributed by atoms with Gasteiger partial charge in [0.05, 0.1) is 16.3 Å². The molecule has 3 amide bonds. The molecule has 7 heteroatoms. The number of hydrogen-bond acceptors (Lipinski definition) is 4. The highest BCUT2D eigenvalue weighted by molar-refractivity contribution is 7.19. The fourth-order valence-electron chi connectivity index (χ4n) is 3.98. The van der Waals surface area contributed by atoms with Gasteiger partial charge in [0.25, 0.3) is 0 Å². The molecule has 1 aliphatic heterocycles. The fourth-order valence-corrected chi connectivity index (χ4v) is 4.79. The fraction of sp³-hybridized carbons (Fsp3) is 0.421. The molecule has 1 fully saturated rings. The Morgan fingerprint density at radius 3 is 2.46 bits per heavy atom. The number of carbonyl (C=O) groups is 2. The molecule has 2 aromatic rings. The summed E-state index contributed by atoms with van der Waals surface area (Å²) < 4.78 is 0. The number of nitrogens with zero attached hydrogens (tertiary/aromatic N) is 2. The third-order valence-electron chi connectivity index (χ3n) is 5.06. The maximum atomic E-state index is 13.0. The van der Waals surface area contributed by atoms with E-state index < -0.39 is 11.1 Å². The number of urea groups is 1. The lowest BCUT2D eigenvalue weighted by Gasteiger charge is -2.40. The normalized spacial score (nSPS) is 20.8. The Hall–Kier alpha value is -2.41. The van der Waals surface area contributed by atoms with Crippen molar-refractivity contribution < 1.29 is 9.59 Å². The maximum absolute atomic E-state index is 13.0. The monoisotopic (exact) mass is 372 g/mol. The molecule has 3 rings (SSSR count). The molecule has 0 spiro atoms. The number of likely N-dealkylation sites (tertiary alicyclic amines) is 1. The first-order chi connectivity index (χ1) is 12.1. The Morgan fingerprint density at radius 1 is 1.23 bits per heavy atom. The van der Waals surface area contributed by atoms with Gasteiger partial charge in [-0.1, -0.05) is 41.7 Å². The molecule has 1 atom stereocenters. The summed E-state index contributed by atoms with van der Waals surface area (Å²) in [4.78, 5) is 31.9. The van der Waals surface area contributed by atoms with Crippen molar-refractivity contribution >= 4 is 28.4 Å². The zero-order valence-corrected chi connectivity index (χ0v) is 16.3. The van der Waals surface area contributed by atoms with E-state index in [9.17, 15) is 9.59 Å². The van der Waals surface area contributed by atoms with E-state index in [1.165, 1.54) is 11.3 Å². The molecule has 0 radical (unpaired) electrons. The molecule has 2 heterocycles. The first kappa shape index (κ1) is 18.4. The van der Waals surface area contributed by atoms with Crippen LogP contribution in [0.3, 0.4) is 0 Å². The Labute approximate surface area is 157 Å². The summed E-state index contributed by atoms with van der Waals surface area (Å²) in [7, 11) is 0. The zero-order chi connectivity index (χ0) is 19.1. The molecule has 1 aliphatic rings. The Bertz CT molecular complexity index is 829. The average molecular weight is 372 g/mol. The highest BCUT2D eigenvalue weighted by Gasteiger charge is 2.55. The first-order valence-electron chi connectivity index (χ1n) is 8.55. The molecule has 1 unspecified atom stereocenters. The summed E-state index contributed by atoms with van der Waals surface area (Å²) in [6, 6.07) is 9.63. The van der Waals surface area contributed by atoms with Gasteiger partial charge in [0.1, 0.15) is 0 Å². The summed E-state index contributed by atoms with van der Waals surface area (Å²) in [5.41, 5.74) is 5.48. The standard InChI is InChI=1S/C19H24N4O2S/c1-18(2)10-13(15(20)24)19(3,4)23(18)17(25)22-16-21-11-14(26-16)12-8-6-5-7-9-12/h5-9,11,13H,10H2,1-4H3,(H2,20,24)(H,21,22,25).